The van der Waals surface area contributed by atoms with Crippen LogP contribution in [0.5, 0.6) is 11.5 Å². The summed E-state index contributed by atoms with van der Waals surface area (Å²) in [5.41, 5.74) is 0.456. The number of phenolic OH excluding ortho intramolecular Hbond substituents is 2. The van der Waals surface area contributed by atoms with Gasteiger partial charge in [0.15, 0.2) is 0 Å². The van der Waals surface area contributed by atoms with E-state index in [2.05, 4.69) is 0 Å². The lowest BCUT2D eigenvalue weighted by Gasteiger charge is -2.05. The number of phenols is 2. The molecule has 62 valence electrons. The Morgan fingerprint density at radius 1 is 1.42 bits per heavy atom. The molecule has 3 nitrogen and oxygen atoms in total. The fourth-order valence-electron chi connectivity index (χ4n) is 0.958. The fourth-order valence-corrected chi connectivity index (χ4v) is 0.958. The van der Waals surface area contributed by atoms with Crippen molar-refractivity contribution in [3.8, 4) is 17.6 Å². The van der Waals surface area contributed by atoms with Gasteiger partial charge in [-0.3, -0.25) is 0 Å². The van der Waals surface area contributed by atoms with E-state index in [4.69, 9.17) is 10.4 Å². The van der Waals surface area contributed by atoms with E-state index < -0.39 is 5.92 Å². The van der Waals surface area contributed by atoms with Crippen molar-refractivity contribution in [2.75, 3.05) is 0 Å². The minimum atomic E-state index is -0.405. The first-order chi connectivity index (χ1) is 5.65. The van der Waals surface area contributed by atoms with Crippen LogP contribution in [0.3, 0.4) is 0 Å². The molecule has 0 amide bonds. The summed E-state index contributed by atoms with van der Waals surface area (Å²) in [6, 6.07) is 6.12. The van der Waals surface area contributed by atoms with Crippen LogP contribution >= 0.6 is 0 Å². The Kier molecular flexibility index (Phi) is 2.20. The Bertz CT molecular complexity index is 328. The quantitative estimate of drug-likeness (QED) is 0.619. The van der Waals surface area contributed by atoms with Crippen molar-refractivity contribution >= 4 is 0 Å². The van der Waals surface area contributed by atoms with Gasteiger partial charge in [-0.2, -0.15) is 5.26 Å². The number of hydrogen-bond donors (Lipinski definition) is 2. The molecule has 3 heteroatoms. The van der Waals surface area contributed by atoms with Crippen LogP contribution in [0, 0.1) is 11.3 Å². The summed E-state index contributed by atoms with van der Waals surface area (Å²) < 4.78 is 0. The molecular weight excluding hydrogens is 154 g/mol. The molecule has 0 saturated heterocycles. The molecule has 0 bridgehead atoms. The molecule has 12 heavy (non-hydrogen) atoms. The summed E-state index contributed by atoms with van der Waals surface area (Å²) in [7, 11) is 0. The maximum absolute atomic E-state index is 9.27. The third-order valence-corrected chi connectivity index (χ3v) is 1.67. The van der Waals surface area contributed by atoms with Crippen molar-refractivity contribution in [1.82, 2.24) is 0 Å². The van der Waals surface area contributed by atoms with Crippen LogP contribution in [-0.4, -0.2) is 10.2 Å². The average molecular weight is 163 g/mol. The lowest BCUT2D eigenvalue weighted by molar-refractivity contribution is 0.453. The number of benzene rings is 1. The topological polar surface area (TPSA) is 64.2 Å². The van der Waals surface area contributed by atoms with E-state index in [0.717, 1.165) is 0 Å². The van der Waals surface area contributed by atoms with E-state index in [9.17, 15) is 5.11 Å². The average Bonchev–Trinajstić information content (AvgIpc) is 2.08. The molecule has 1 rings (SSSR count). The summed E-state index contributed by atoms with van der Waals surface area (Å²) in [4.78, 5) is 0. The highest BCUT2D eigenvalue weighted by Crippen LogP contribution is 2.28. The molecule has 0 radical (unpaired) electrons. The number of nitriles is 1. The molecular formula is C9H9NO2. The van der Waals surface area contributed by atoms with E-state index in [1.807, 2.05) is 6.07 Å². The smallest absolute Gasteiger partial charge is 0.120 e. The zero-order valence-corrected chi connectivity index (χ0v) is 6.65. The molecule has 1 unspecified atom stereocenters. The Labute approximate surface area is 70.5 Å². The Morgan fingerprint density at radius 3 is 2.67 bits per heavy atom. The van der Waals surface area contributed by atoms with Gasteiger partial charge in [0, 0.05) is 5.56 Å². The van der Waals surface area contributed by atoms with Crippen molar-refractivity contribution in [2.45, 2.75) is 12.8 Å². The van der Waals surface area contributed by atoms with Gasteiger partial charge in [-0.1, -0.05) is 0 Å². The Balaban J connectivity index is 3.15. The van der Waals surface area contributed by atoms with Crippen LogP contribution in [-0.2, 0) is 0 Å². The molecule has 0 saturated carbocycles. The maximum Gasteiger partial charge on any atom is 0.120 e. The number of aromatic hydroxyl groups is 2. The number of nitrogens with zero attached hydrogens (tertiary/aromatic N) is 1. The van der Waals surface area contributed by atoms with Crippen LogP contribution in [0.4, 0.5) is 0 Å². The standard InChI is InChI=1S/C9H9NO2/c1-6(5-10)8-4-7(11)2-3-9(8)12/h2-4,6,11-12H,1H3. The van der Waals surface area contributed by atoms with Crippen molar-refractivity contribution in [3.05, 3.63) is 23.8 Å². The van der Waals surface area contributed by atoms with Gasteiger partial charge in [-0.15, -0.1) is 0 Å². The normalized spacial score (nSPS) is 12.0. The van der Waals surface area contributed by atoms with Crippen molar-refractivity contribution < 1.29 is 10.2 Å². The summed E-state index contributed by atoms with van der Waals surface area (Å²) in [6.45, 7) is 1.66. The number of hydrogen-bond acceptors (Lipinski definition) is 3. The second-order valence-electron chi connectivity index (χ2n) is 2.59. The molecule has 1 aromatic rings. The first-order valence-corrected chi connectivity index (χ1v) is 3.56. The molecule has 2 N–H and O–H groups in total. The van der Waals surface area contributed by atoms with Gasteiger partial charge in [0.25, 0.3) is 0 Å². The monoisotopic (exact) mass is 163 g/mol. The first kappa shape index (κ1) is 8.41. The van der Waals surface area contributed by atoms with E-state index in [-0.39, 0.29) is 11.5 Å². The van der Waals surface area contributed by atoms with Gasteiger partial charge in [0.1, 0.15) is 11.5 Å². The molecule has 0 heterocycles. The zero-order chi connectivity index (χ0) is 9.14. The molecule has 0 fully saturated rings. The molecule has 0 aliphatic carbocycles. The lowest BCUT2D eigenvalue weighted by Crippen LogP contribution is -1.89. The maximum atomic E-state index is 9.27. The fraction of sp³-hybridized carbons (Fsp3) is 0.222. The van der Waals surface area contributed by atoms with E-state index in [1.54, 1.807) is 6.92 Å². The summed E-state index contributed by atoms with van der Waals surface area (Å²) in [6.07, 6.45) is 0. The van der Waals surface area contributed by atoms with Crippen molar-refractivity contribution in [3.63, 3.8) is 0 Å². The third kappa shape index (κ3) is 1.48. The summed E-state index contributed by atoms with van der Waals surface area (Å²) >= 11 is 0. The Hall–Kier alpha value is -1.69. The highest BCUT2D eigenvalue weighted by molar-refractivity contribution is 5.42. The minimum Gasteiger partial charge on any atom is -0.508 e. The minimum absolute atomic E-state index is 0.0434. The summed E-state index contributed by atoms with van der Waals surface area (Å²) in [5.74, 6) is -0.302. The van der Waals surface area contributed by atoms with Gasteiger partial charge in [0.05, 0.1) is 12.0 Å². The third-order valence-electron chi connectivity index (χ3n) is 1.67. The summed E-state index contributed by atoms with van der Waals surface area (Å²) in [5, 5.41) is 26.9. The van der Waals surface area contributed by atoms with Gasteiger partial charge < -0.3 is 10.2 Å². The SMILES string of the molecule is CC(C#N)c1cc(O)ccc1O. The van der Waals surface area contributed by atoms with E-state index in [0.29, 0.717) is 5.56 Å². The van der Waals surface area contributed by atoms with Crippen LogP contribution in [0.25, 0.3) is 0 Å². The van der Waals surface area contributed by atoms with Crippen molar-refractivity contribution in [2.24, 2.45) is 0 Å². The number of rotatable bonds is 1. The molecule has 1 aromatic carbocycles. The van der Waals surface area contributed by atoms with Gasteiger partial charge in [-0.25, -0.2) is 0 Å². The van der Waals surface area contributed by atoms with Crippen LogP contribution in [0.15, 0.2) is 18.2 Å². The van der Waals surface area contributed by atoms with Crippen molar-refractivity contribution in [1.29, 1.82) is 5.26 Å². The van der Waals surface area contributed by atoms with Crippen LogP contribution in [0.1, 0.15) is 18.4 Å². The van der Waals surface area contributed by atoms with Gasteiger partial charge in [-0.05, 0) is 25.1 Å². The lowest BCUT2D eigenvalue weighted by atomic mass is 10.0. The molecule has 0 aromatic heterocycles. The second-order valence-corrected chi connectivity index (χ2v) is 2.59. The van der Waals surface area contributed by atoms with E-state index in [1.165, 1.54) is 18.2 Å². The zero-order valence-electron chi connectivity index (χ0n) is 6.65. The van der Waals surface area contributed by atoms with Crippen LogP contribution < -0.4 is 0 Å². The molecule has 1 atom stereocenters. The van der Waals surface area contributed by atoms with Gasteiger partial charge in [0.2, 0.25) is 0 Å². The Morgan fingerprint density at radius 2 is 2.08 bits per heavy atom. The highest BCUT2D eigenvalue weighted by Gasteiger charge is 2.09. The largest absolute Gasteiger partial charge is 0.508 e. The molecule has 0 aliphatic rings. The first-order valence-electron chi connectivity index (χ1n) is 3.56. The van der Waals surface area contributed by atoms with E-state index >= 15 is 0 Å². The molecule has 0 aliphatic heterocycles. The molecule has 0 spiro atoms. The second kappa shape index (κ2) is 3.14. The highest BCUT2D eigenvalue weighted by atomic mass is 16.3. The van der Waals surface area contributed by atoms with Gasteiger partial charge >= 0.3 is 0 Å². The van der Waals surface area contributed by atoms with Crippen LogP contribution in [0.2, 0.25) is 0 Å². The predicted octanol–water partition coefficient (Wildman–Crippen LogP) is 1.72. The predicted molar refractivity (Wildman–Crippen MR) is 43.8 cm³/mol.